The number of alkyl halides is 1. The van der Waals surface area contributed by atoms with Gasteiger partial charge in [0.2, 0.25) is 0 Å². The Kier molecular flexibility index (Phi) is 4.60. The molecule has 0 spiro atoms. The van der Waals surface area contributed by atoms with Crippen molar-refractivity contribution in [3.05, 3.63) is 47.2 Å². The quantitative estimate of drug-likeness (QED) is 0.658. The van der Waals surface area contributed by atoms with Crippen molar-refractivity contribution in [2.45, 2.75) is 39.0 Å². The molecule has 1 aliphatic rings. The highest BCUT2D eigenvalue weighted by molar-refractivity contribution is 6.19. The lowest BCUT2D eigenvalue weighted by atomic mass is 9.83. The number of hydrogen-bond acceptors (Lipinski definition) is 1. The van der Waals surface area contributed by atoms with Gasteiger partial charge in [-0.25, -0.2) is 0 Å². The zero-order valence-corrected chi connectivity index (χ0v) is 13.4. The number of allylic oxidation sites excluding steroid dienone is 1. The third-order valence-corrected chi connectivity index (χ3v) is 4.81. The first-order chi connectivity index (χ1) is 10.3. The van der Waals surface area contributed by atoms with Crippen LogP contribution in [0, 0.1) is 12.8 Å². The zero-order valence-electron chi connectivity index (χ0n) is 12.6. The van der Waals surface area contributed by atoms with Crippen LogP contribution in [0.4, 0.5) is 0 Å². The van der Waals surface area contributed by atoms with Crippen molar-refractivity contribution in [1.29, 1.82) is 0 Å². The Morgan fingerprint density at radius 1 is 1.24 bits per heavy atom. The topological polar surface area (TPSA) is 12.9 Å². The van der Waals surface area contributed by atoms with Gasteiger partial charge in [0, 0.05) is 17.0 Å². The fourth-order valence-electron chi connectivity index (χ4n) is 3.40. The van der Waals surface area contributed by atoms with Gasteiger partial charge in [-0.3, -0.25) is 4.98 Å². The van der Waals surface area contributed by atoms with Gasteiger partial charge in [0.1, 0.15) is 0 Å². The molecule has 1 nitrogen and oxygen atoms in total. The van der Waals surface area contributed by atoms with Gasteiger partial charge < -0.3 is 0 Å². The molecule has 0 aliphatic heterocycles. The molecule has 0 N–H and O–H groups in total. The molecule has 0 radical (unpaired) electrons. The Morgan fingerprint density at radius 2 is 2.00 bits per heavy atom. The molecule has 0 unspecified atom stereocenters. The van der Waals surface area contributed by atoms with Gasteiger partial charge in [0.25, 0.3) is 0 Å². The summed E-state index contributed by atoms with van der Waals surface area (Å²) in [6.45, 7) is 2.06. The van der Waals surface area contributed by atoms with Crippen LogP contribution < -0.4 is 0 Å². The maximum atomic E-state index is 6.26. The van der Waals surface area contributed by atoms with Crippen LogP contribution in [-0.4, -0.2) is 10.9 Å². The van der Waals surface area contributed by atoms with E-state index in [0.29, 0.717) is 11.8 Å². The van der Waals surface area contributed by atoms with Gasteiger partial charge in [-0.1, -0.05) is 49.1 Å². The van der Waals surface area contributed by atoms with Crippen molar-refractivity contribution in [2.24, 2.45) is 5.92 Å². The van der Waals surface area contributed by atoms with Crippen molar-refractivity contribution in [1.82, 2.24) is 4.98 Å². The highest BCUT2D eigenvalue weighted by Gasteiger charge is 2.17. The van der Waals surface area contributed by atoms with Gasteiger partial charge in [0.15, 0.2) is 0 Å². The Morgan fingerprint density at radius 3 is 2.76 bits per heavy atom. The van der Waals surface area contributed by atoms with Crippen molar-refractivity contribution in [3.8, 4) is 0 Å². The molecule has 1 aromatic heterocycles. The average Bonchev–Trinajstić information content (AvgIpc) is 2.53. The monoisotopic (exact) mass is 299 g/mol. The minimum absolute atomic E-state index is 0.639. The third-order valence-electron chi connectivity index (χ3n) is 4.50. The second-order valence-electron chi connectivity index (χ2n) is 6.06. The SMILES string of the molecule is Cc1cc(/C=C(/CCl)C2CCCCC2)c2ccccc2n1. The largest absolute Gasteiger partial charge is 0.253 e. The maximum Gasteiger partial charge on any atom is 0.0711 e. The second-order valence-corrected chi connectivity index (χ2v) is 6.33. The van der Waals surface area contributed by atoms with Crippen LogP contribution in [-0.2, 0) is 0 Å². The molecule has 0 bridgehead atoms. The lowest BCUT2D eigenvalue weighted by Crippen LogP contribution is -2.10. The standard InChI is InChI=1S/C19H22ClN/c1-14-11-16(18-9-5-6-10-19(18)21-14)12-17(13-20)15-7-3-2-4-8-15/h5-6,9-12,15H,2-4,7-8,13H2,1H3/b17-12-. The molecule has 1 fully saturated rings. The zero-order chi connectivity index (χ0) is 14.7. The Balaban J connectivity index is 2.03. The first-order valence-corrected chi connectivity index (χ1v) is 8.44. The number of fused-ring (bicyclic) bond motifs is 1. The predicted molar refractivity (Wildman–Crippen MR) is 91.8 cm³/mol. The lowest BCUT2D eigenvalue weighted by molar-refractivity contribution is 0.405. The van der Waals surface area contributed by atoms with Crippen LogP contribution >= 0.6 is 11.6 Å². The van der Waals surface area contributed by atoms with Crippen molar-refractivity contribution < 1.29 is 0 Å². The van der Waals surface area contributed by atoms with Gasteiger partial charge in [-0.15, -0.1) is 11.6 Å². The molecule has 0 amide bonds. The van der Waals surface area contributed by atoms with E-state index < -0.39 is 0 Å². The molecule has 1 aliphatic carbocycles. The highest BCUT2D eigenvalue weighted by atomic mass is 35.5. The Bertz CT molecular complexity index is 654. The van der Waals surface area contributed by atoms with Gasteiger partial charge >= 0.3 is 0 Å². The smallest absolute Gasteiger partial charge is 0.0711 e. The second kappa shape index (κ2) is 6.62. The van der Waals surface area contributed by atoms with Crippen LogP contribution in [0.25, 0.3) is 17.0 Å². The fraction of sp³-hybridized carbons (Fsp3) is 0.421. The molecule has 0 saturated heterocycles. The molecule has 2 heteroatoms. The first kappa shape index (κ1) is 14.6. The van der Waals surface area contributed by atoms with Crippen molar-refractivity contribution >= 4 is 28.6 Å². The van der Waals surface area contributed by atoms with E-state index in [2.05, 4.69) is 42.2 Å². The van der Waals surface area contributed by atoms with Gasteiger partial charge in [0.05, 0.1) is 5.52 Å². The number of para-hydroxylation sites is 1. The number of hydrogen-bond donors (Lipinski definition) is 0. The summed E-state index contributed by atoms with van der Waals surface area (Å²) in [5.41, 5.74) is 4.80. The van der Waals surface area contributed by atoms with Crippen LogP contribution in [0.2, 0.25) is 0 Å². The molecule has 1 saturated carbocycles. The van der Waals surface area contributed by atoms with Crippen LogP contribution in [0.3, 0.4) is 0 Å². The normalized spacial score (nSPS) is 17.3. The summed E-state index contributed by atoms with van der Waals surface area (Å²) in [6, 6.07) is 10.5. The molecule has 1 aromatic carbocycles. The molecule has 2 aromatic rings. The molecule has 110 valence electrons. The van der Waals surface area contributed by atoms with E-state index >= 15 is 0 Å². The first-order valence-electron chi connectivity index (χ1n) is 7.91. The summed E-state index contributed by atoms with van der Waals surface area (Å²) in [5, 5.41) is 1.22. The maximum absolute atomic E-state index is 6.26. The Hall–Kier alpha value is -1.34. The van der Waals surface area contributed by atoms with E-state index in [1.165, 1.54) is 48.6 Å². The molecular formula is C19H22ClN. The van der Waals surface area contributed by atoms with Gasteiger partial charge in [-0.2, -0.15) is 0 Å². The number of rotatable bonds is 3. The van der Waals surface area contributed by atoms with E-state index in [1.54, 1.807) is 0 Å². The van der Waals surface area contributed by atoms with E-state index in [4.69, 9.17) is 11.6 Å². The lowest BCUT2D eigenvalue weighted by Gasteiger charge is -2.23. The molecule has 0 atom stereocenters. The summed E-state index contributed by atoms with van der Waals surface area (Å²) in [6.07, 6.45) is 8.97. The van der Waals surface area contributed by atoms with Crippen LogP contribution in [0.1, 0.15) is 43.4 Å². The summed E-state index contributed by atoms with van der Waals surface area (Å²) >= 11 is 6.26. The van der Waals surface area contributed by atoms with Crippen molar-refractivity contribution in [2.75, 3.05) is 5.88 Å². The fourth-order valence-corrected chi connectivity index (χ4v) is 3.69. The number of aryl methyl sites for hydroxylation is 1. The number of benzene rings is 1. The van der Waals surface area contributed by atoms with Gasteiger partial charge in [-0.05, 0) is 43.4 Å². The van der Waals surface area contributed by atoms with E-state index in [0.717, 1.165) is 11.2 Å². The minimum atomic E-state index is 0.639. The summed E-state index contributed by atoms with van der Waals surface area (Å²) in [7, 11) is 0. The molecular weight excluding hydrogens is 278 g/mol. The number of aromatic nitrogens is 1. The van der Waals surface area contributed by atoms with E-state index in [9.17, 15) is 0 Å². The minimum Gasteiger partial charge on any atom is -0.253 e. The van der Waals surface area contributed by atoms with E-state index in [1.807, 2.05) is 6.07 Å². The summed E-state index contributed by atoms with van der Waals surface area (Å²) in [4.78, 5) is 4.62. The van der Waals surface area contributed by atoms with Crippen LogP contribution in [0.5, 0.6) is 0 Å². The predicted octanol–water partition coefficient (Wildman–Crippen LogP) is 5.75. The van der Waals surface area contributed by atoms with Crippen LogP contribution in [0.15, 0.2) is 35.9 Å². The molecule has 21 heavy (non-hydrogen) atoms. The summed E-state index contributed by atoms with van der Waals surface area (Å²) in [5.74, 6) is 1.31. The number of halogens is 1. The van der Waals surface area contributed by atoms with Crippen molar-refractivity contribution in [3.63, 3.8) is 0 Å². The number of pyridine rings is 1. The third kappa shape index (κ3) is 3.29. The molecule has 3 rings (SSSR count). The highest BCUT2D eigenvalue weighted by Crippen LogP contribution is 2.32. The van der Waals surface area contributed by atoms with E-state index in [-0.39, 0.29) is 0 Å². The average molecular weight is 300 g/mol. The molecule has 1 heterocycles. The Labute approximate surface area is 132 Å². The number of nitrogens with zero attached hydrogens (tertiary/aromatic N) is 1. The summed E-state index contributed by atoms with van der Waals surface area (Å²) < 4.78 is 0.